The number of nitrogens with one attached hydrogen (secondary N) is 1. The molecule has 1 unspecified atom stereocenters. The van der Waals surface area contributed by atoms with Crippen LogP contribution in [0.2, 0.25) is 0 Å². The molecule has 2 aromatic carbocycles. The van der Waals surface area contributed by atoms with Gasteiger partial charge in [-0.25, -0.2) is 9.37 Å². The maximum atomic E-state index is 13.6. The van der Waals surface area contributed by atoms with Crippen LogP contribution in [-0.2, 0) is 11.3 Å². The maximum Gasteiger partial charge on any atom is 0.272 e. The molecule has 0 aliphatic heterocycles. The Morgan fingerprint density at radius 3 is 2.65 bits per heavy atom. The highest BCUT2D eigenvalue weighted by Gasteiger charge is 2.30. The Morgan fingerprint density at radius 1 is 1.24 bits per heavy atom. The number of rotatable bonds is 8. The van der Waals surface area contributed by atoms with Crippen LogP contribution < -0.4 is 10.9 Å². The van der Waals surface area contributed by atoms with Crippen LogP contribution in [0.1, 0.15) is 23.7 Å². The molecule has 8 heteroatoms. The normalized spacial score (nSPS) is 14.1. The molecule has 1 saturated carbocycles. The van der Waals surface area contributed by atoms with Crippen LogP contribution >= 0.6 is 23.1 Å². The fourth-order valence-corrected chi connectivity index (χ4v) is 5.80. The minimum atomic E-state index is -0.672. The van der Waals surface area contributed by atoms with Crippen molar-refractivity contribution in [1.29, 1.82) is 0 Å². The van der Waals surface area contributed by atoms with Crippen LogP contribution in [0.15, 0.2) is 83.3 Å². The number of thiophene rings is 1. The molecule has 1 aliphatic carbocycles. The topological polar surface area (TPSA) is 64.0 Å². The van der Waals surface area contributed by atoms with Crippen LogP contribution in [0.5, 0.6) is 0 Å². The Hall–Kier alpha value is -3.23. The molecule has 2 heterocycles. The van der Waals surface area contributed by atoms with E-state index in [0.29, 0.717) is 20.9 Å². The highest BCUT2D eigenvalue weighted by Crippen LogP contribution is 2.37. The quantitative estimate of drug-likeness (QED) is 0.199. The van der Waals surface area contributed by atoms with Crippen molar-refractivity contribution in [3.63, 3.8) is 0 Å². The first kappa shape index (κ1) is 22.6. The van der Waals surface area contributed by atoms with Gasteiger partial charge in [0.05, 0.1) is 5.52 Å². The molecule has 172 valence electrons. The molecule has 0 spiro atoms. The first-order chi connectivity index (χ1) is 16.5. The van der Waals surface area contributed by atoms with E-state index in [2.05, 4.69) is 11.9 Å². The Kier molecular flexibility index (Phi) is 6.34. The van der Waals surface area contributed by atoms with E-state index in [9.17, 15) is 14.0 Å². The lowest BCUT2D eigenvalue weighted by atomic mass is 10.1. The second kappa shape index (κ2) is 9.56. The summed E-state index contributed by atoms with van der Waals surface area (Å²) in [4.78, 5) is 32.3. The molecule has 1 fully saturated rings. The number of thioether (sulfide) groups is 1. The van der Waals surface area contributed by atoms with Crippen molar-refractivity contribution in [2.45, 2.75) is 35.8 Å². The molecule has 0 bridgehead atoms. The van der Waals surface area contributed by atoms with Gasteiger partial charge >= 0.3 is 0 Å². The van der Waals surface area contributed by atoms with Gasteiger partial charge in [0.25, 0.3) is 5.56 Å². The van der Waals surface area contributed by atoms with Crippen LogP contribution in [0.25, 0.3) is 20.7 Å². The van der Waals surface area contributed by atoms with Gasteiger partial charge in [-0.05, 0) is 42.2 Å². The Bertz CT molecular complexity index is 1410. The van der Waals surface area contributed by atoms with Crippen molar-refractivity contribution >= 4 is 39.2 Å². The maximum absolute atomic E-state index is 13.6. The molecule has 34 heavy (non-hydrogen) atoms. The largest absolute Gasteiger partial charge is 0.352 e. The Morgan fingerprint density at radius 2 is 1.97 bits per heavy atom. The lowest BCUT2D eigenvalue weighted by Crippen LogP contribution is -2.30. The number of amides is 1. The summed E-state index contributed by atoms with van der Waals surface area (Å²) in [7, 11) is 0. The zero-order chi connectivity index (χ0) is 23.7. The number of hydrogen-bond acceptors (Lipinski definition) is 5. The van der Waals surface area contributed by atoms with Crippen LogP contribution in [0.3, 0.4) is 0 Å². The second-order valence-electron chi connectivity index (χ2n) is 8.12. The summed E-state index contributed by atoms with van der Waals surface area (Å²) in [5.41, 5.74) is 2.10. The SMILES string of the molecule is C=CCn1c(SC(C(=O)NC2CC2)c2ccc(F)cc2)nc2cc(-c3ccccc3)sc2c1=O. The van der Waals surface area contributed by atoms with E-state index in [-0.39, 0.29) is 29.9 Å². The van der Waals surface area contributed by atoms with Gasteiger partial charge in [0.1, 0.15) is 15.8 Å². The molecule has 1 N–H and O–H groups in total. The van der Waals surface area contributed by atoms with Crippen molar-refractivity contribution in [2.75, 3.05) is 0 Å². The third-order valence-electron chi connectivity index (χ3n) is 5.53. The van der Waals surface area contributed by atoms with E-state index in [1.165, 1.54) is 35.2 Å². The molecule has 5 nitrogen and oxygen atoms in total. The number of hydrogen-bond donors (Lipinski definition) is 1. The molecule has 4 aromatic rings. The van der Waals surface area contributed by atoms with E-state index in [4.69, 9.17) is 4.98 Å². The van der Waals surface area contributed by atoms with Crippen LogP contribution in [0, 0.1) is 5.82 Å². The van der Waals surface area contributed by atoms with E-state index < -0.39 is 5.25 Å². The van der Waals surface area contributed by atoms with Crippen LogP contribution in [0.4, 0.5) is 4.39 Å². The monoisotopic (exact) mass is 491 g/mol. The third-order valence-corrected chi connectivity index (χ3v) is 7.93. The van der Waals surface area contributed by atoms with Crippen molar-refractivity contribution in [1.82, 2.24) is 14.9 Å². The van der Waals surface area contributed by atoms with Gasteiger partial charge in [-0.1, -0.05) is 60.3 Å². The number of benzene rings is 2. The zero-order valence-electron chi connectivity index (χ0n) is 18.2. The number of carbonyl (C=O) groups excluding carboxylic acids is 1. The highest BCUT2D eigenvalue weighted by molar-refractivity contribution is 8.00. The molecule has 1 aliphatic rings. The number of nitrogens with zero attached hydrogens (tertiary/aromatic N) is 2. The number of fused-ring (bicyclic) bond motifs is 1. The van der Waals surface area contributed by atoms with Gasteiger partial charge in [-0.15, -0.1) is 17.9 Å². The summed E-state index contributed by atoms with van der Waals surface area (Å²) in [6.45, 7) is 4.05. The van der Waals surface area contributed by atoms with Crippen molar-refractivity contribution < 1.29 is 9.18 Å². The summed E-state index contributed by atoms with van der Waals surface area (Å²) >= 11 is 2.61. The van der Waals surface area contributed by atoms with Gasteiger partial charge in [0.15, 0.2) is 5.16 Å². The van der Waals surface area contributed by atoms with Gasteiger partial charge in [-0.2, -0.15) is 0 Å². The molecule has 5 rings (SSSR count). The predicted octanol–water partition coefficient (Wildman–Crippen LogP) is 5.56. The van der Waals surface area contributed by atoms with Gasteiger partial charge in [0.2, 0.25) is 5.91 Å². The fourth-order valence-electron chi connectivity index (χ4n) is 3.64. The molecule has 0 radical (unpaired) electrons. The second-order valence-corrected chi connectivity index (χ2v) is 10.2. The summed E-state index contributed by atoms with van der Waals surface area (Å²) in [6, 6.07) is 17.8. The van der Waals surface area contributed by atoms with E-state index >= 15 is 0 Å². The average Bonchev–Trinajstić information content (AvgIpc) is 3.55. The molecule has 2 aromatic heterocycles. The van der Waals surface area contributed by atoms with E-state index in [1.807, 2.05) is 36.4 Å². The third kappa shape index (κ3) is 4.69. The minimum absolute atomic E-state index is 0.167. The highest BCUT2D eigenvalue weighted by atomic mass is 32.2. The number of carbonyl (C=O) groups is 1. The lowest BCUT2D eigenvalue weighted by molar-refractivity contribution is -0.120. The number of aromatic nitrogens is 2. The average molecular weight is 492 g/mol. The number of halogens is 1. The summed E-state index contributed by atoms with van der Waals surface area (Å²) in [5, 5.41) is 2.78. The molecule has 1 atom stereocenters. The fraction of sp³-hybridized carbons (Fsp3) is 0.192. The summed E-state index contributed by atoms with van der Waals surface area (Å²) < 4.78 is 15.7. The van der Waals surface area contributed by atoms with Gasteiger partial charge < -0.3 is 5.32 Å². The van der Waals surface area contributed by atoms with Crippen molar-refractivity contribution in [2.24, 2.45) is 0 Å². The molecular formula is C26H22FN3O2S2. The van der Waals surface area contributed by atoms with E-state index in [0.717, 1.165) is 23.3 Å². The minimum Gasteiger partial charge on any atom is -0.352 e. The summed E-state index contributed by atoms with van der Waals surface area (Å²) in [5.74, 6) is -0.543. The first-order valence-corrected chi connectivity index (χ1v) is 12.7. The number of allylic oxidation sites excluding steroid dienone is 1. The standard InChI is InChI=1S/C26H22FN3O2S2/c1-2-14-30-25(32)23-20(15-21(33-23)16-6-4-3-5-7-16)29-26(30)34-22(24(31)28-19-12-13-19)17-8-10-18(27)11-9-17/h2-11,15,19,22H,1,12-14H2,(H,28,31). The van der Waals surface area contributed by atoms with Crippen LogP contribution in [-0.4, -0.2) is 21.5 Å². The molecule has 1 amide bonds. The predicted molar refractivity (Wildman–Crippen MR) is 136 cm³/mol. The first-order valence-electron chi connectivity index (χ1n) is 11.0. The van der Waals surface area contributed by atoms with Crippen molar-refractivity contribution in [3.8, 4) is 10.4 Å². The van der Waals surface area contributed by atoms with Gasteiger partial charge in [0, 0.05) is 17.5 Å². The van der Waals surface area contributed by atoms with Crippen molar-refractivity contribution in [3.05, 3.63) is 95.1 Å². The Labute approximate surface area is 204 Å². The van der Waals surface area contributed by atoms with Gasteiger partial charge in [-0.3, -0.25) is 14.2 Å². The zero-order valence-corrected chi connectivity index (χ0v) is 19.9. The lowest BCUT2D eigenvalue weighted by Gasteiger charge is -2.18. The smallest absolute Gasteiger partial charge is 0.272 e. The molecule has 0 saturated heterocycles. The Balaban J connectivity index is 1.58. The molecular weight excluding hydrogens is 469 g/mol. The summed E-state index contributed by atoms with van der Waals surface area (Å²) in [6.07, 6.45) is 3.55. The van der Waals surface area contributed by atoms with E-state index in [1.54, 1.807) is 22.8 Å².